The number of fused-ring (bicyclic) bond motifs is 1. The highest BCUT2D eigenvalue weighted by molar-refractivity contribution is 5.40. The maximum atomic E-state index is 5.49. The minimum absolute atomic E-state index is 0.491. The third-order valence-corrected chi connectivity index (χ3v) is 5.57. The Morgan fingerprint density at radius 2 is 2.10 bits per heavy atom. The zero-order valence-electron chi connectivity index (χ0n) is 14.0. The standard InChI is InChI=1S/C19H29NO/c1-14(2)13-19(9-5-10-19)18-17-12-16(21-4)7-6-15(17)8-11-20(18)3/h6-7,12,14,18H,5,8-11,13H2,1-4H3. The van der Waals surface area contributed by atoms with Gasteiger partial charge in [-0.1, -0.05) is 26.3 Å². The summed E-state index contributed by atoms with van der Waals surface area (Å²) in [6.45, 7) is 5.93. The Morgan fingerprint density at radius 1 is 1.33 bits per heavy atom. The molecule has 1 heterocycles. The van der Waals surface area contributed by atoms with Crippen LogP contribution in [0.4, 0.5) is 0 Å². The second kappa shape index (κ2) is 5.64. The van der Waals surface area contributed by atoms with Gasteiger partial charge >= 0.3 is 0 Å². The van der Waals surface area contributed by atoms with E-state index in [1.807, 2.05) is 0 Å². The molecule has 0 spiro atoms. The predicted molar refractivity (Wildman–Crippen MR) is 87.8 cm³/mol. The summed E-state index contributed by atoms with van der Waals surface area (Å²) in [6, 6.07) is 7.29. The zero-order valence-corrected chi connectivity index (χ0v) is 14.0. The van der Waals surface area contributed by atoms with Gasteiger partial charge in [-0.3, -0.25) is 4.90 Å². The van der Waals surface area contributed by atoms with Crippen LogP contribution in [-0.2, 0) is 6.42 Å². The maximum absolute atomic E-state index is 5.49. The third kappa shape index (κ3) is 2.59. The van der Waals surface area contributed by atoms with Crippen molar-refractivity contribution in [3.8, 4) is 5.75 Å². The first-order valence-electron chi connectivity index (χ1n) is 8.43. The molecule has 0 N–H and O–H groups in total. The predicted octanol–water partition coefficient (Wildman–Crippen LogP) is 4.44. The van der Waals surface area contributed by atoms with Crippen LogP contribution in [0.5, 0.6) is 5.75 Å². The van der Waals surface area contributed by atoms with Crippen molar-refractivity contribution in [2.45, 2.75) is 52.0 Å². The molecule has 1 unspecified atom stereocenters. The number of rotatable bonds is 4. The van der Waals surface area contributed by atoms with Crippen LogP contribution in [-0.4, -0.2) is 25.6 Å². The third-order valence-electron chi connectivity index (χ3n) is 5.57. The van der Waals surface area contributed by atoms with Gasteiger partial charge in [0.2, 0.25) is 0 Å². The molecule has 0 radical (unpaired) electrons. The molecule has 1 aliphatic heterocycles. The van der Waals surface area contributed by atoms with Gasteiger partial charge in [0.05, 0.1) is 7.11 Å². The van der Waals surface area contributed by atoms with Gasteiger partial charge in [-0.05, 0) is 67.3 Å². The molecule has 116 valence electrons. The second-order valence-corrected chi connectivity index (χ2v) is 7.51. The number of methoxy groups -OCH3 is 1. The van der Waals surface area contributed by atoms with Gasteiger partial charge in [0, 0.05) is 12.6 Å². The van der Waals surface area contributed by atoms with Crippen LogP contribution in [0, 0.1) is 11.3 Å². The molecule has 21 heavy (non-hydrogen) atoms. The van der Waals surface area contributed by atoms with E-state index in [2.05, 4.69) is 44.0 Å². The monoisotopic (exact) mass is 287 g/mol. The molecule has 2 nitrogen and oxygen atoms in total. The Kier molecular flexibility index (Phi) is 4.00. The molecule has 1 fully saturated rings. The van der Waals surface area contributed by atoms with Crippen molar-refractivity contribution in [2.75, 3.05) is 20.7 Å². The van der Waals surface area contributed by atoms with E-state index >= 15 is 0 Å². The number of benzene rings is 1. The summed E-state index contributed by atoms with van der Waals surface area (Å²) >= 11 is 0. The SMILES string of the molecule is COc1ccc2c(c1)C(C1(CC(C)C)CCC1)N(C)CC2. The Bertz CT molecular complexity index is 504. The Balaban J connectivity index is 2.01. The normalized spacial score (nSPS) is 24.5. The molecule has 0 bridgehead atoms. The first kappa shape index (κ1) is 14.9. The van der Waals surface area contributed by atoms with Gasteiger partial charge in [0.15, 0.2) is 0 Å². The average molecular weight is 287 g/mol. The van der Waals surface area contributed by atoms with Crippen LogP contribution < -0.4 is 4.74 Å². The fourth-order valence-corrected chi connectivity index (χ4v) is 4.68. The highest BCUT2D eigenvalue weighted by Crippen LogP contribution is 2.57. The van der Waals surface area contributed by atoms with E-state index in [-0.39, 0.29) is 0 Å². The van der Waals surface area contributed by atoms with Crippen molar-refractivity contribution >= 4 is 0 Å². The van der Waals surface area contributed by atoms with E-state index in [4.69, 9.17) is 4.74 Å². The summed E-state index contributed by atoms with van der Waals surface area (Å²) in [5, 5.41) is 0. The molecule has 1 aliphatic carbocycles. The molecular formula is C19H29NO. The van der Waals surface area contributed by atoms with Crippen molar-refractivity contribution in [1.82, 2.24) is 4.90 Å². The fraction of sp³-hybridized carbons (Fsp3) is 0.684. The largest absolute Gasteiger partial charge is 0.497 e. The van der Waals surface area contributed by atoms with E-state index in [0.29, 0.717) is 11.5 Å². The lowest BCUT2D eigenvalue weighted by molar-refractivity contribution is -0.0150. The summed E-state index contributed by atoms with van der Waals surface area (Å²) < 4.78 is 5.49. The smallest absolute Gasteiger partial charge is 0.119 e. The van der Waals surface area contributed by atoms with Crippen molar-refractivity contribution in [3.63, 3.8) is 0 Å². The topological polar surface area (TPSA) is 12.5 Å². The van der Waals surface area contributed by atoms with Gasteiger partial charge in [-0.15, -0.1) is 0 Å². The van der Waals surface area contributed by atoms with E-state index in [0.717, 1.165) is 11.7 Å². The minimum atomic E-state index is 0.491. The second-order valence-electron chi connectivity index (χ2n) is 7.51. The van der Waals surface area contributed by atoms with Crippen LogP contribution in [0.2, 0.25) is 0 Å². The molecule has 1 aromatic rings. The molecule has 0 saturated heterocycles. The Hall–Kier alpha value is -1.02. The van der Waals surface area contributed by atoms with E-state index in [1.54, 1.807) is 7.11 Å². The van der Waals surface area contributed by atoms with E-state index in [1.165, 1.54) is 49.8 Å². The van der Waals surface area contributed by atoms with Crippen LogP contribution in [0.3, 0.4) is 0 Å². The lowest BCUT2D eigenvalue weighted by Gasteiger charge is -2.54. The minimum Gasteiger partial charge on any atom is -0.497 e. The number of likely N-dealkylation sites (N-methyl/N-ethyl adjacent to an activating group) is 1. The fourth-order valence-electron chi connectivity index (χ4n) is 4.68. The summed E-state index contributed by atoms with van der Waals surface area (Å²) in [7, 11) is 4.09. The molecule has 1 saturated carbocycles. The van der Waals surface area contributed by atoms with Gasteiger partial charge in [0.25, 0.3) is 0 Å². The molecule has 2 heteroatoms. The molecule has 0 aromatic heterocycles. The highest BCUT2D eigenvalue weighted by atomic mass is 16.5. The Labute approximate surface area is 129 Å². The van der Waals surface area contributed by atoms with Crippen molar-refractivity contribution < 1.29 is 4.74 Å². The van der Waals surface area contributed by atoms with Crippen LogP contribution >= 0.6 is 0 Å². The molecule has 0 amide bonds. The number of nitrogens with zero attached hydrogens (tertiary/aromatic N) is 1. The van der Waals surface area contributed by atoms with Gasteiger partial charge in [-0.25, -0.2) is 0 Å². The van der Waals surface area contributed by atoms with Crippen LogP contribution in [0.25, 0.3) is 0 Å². The Morgan fingerprint density at radius 3 is 2.67 bits per heavy atom. The van der Waals surface area contributed by atoms with Crippen LogP contribution in [0.15, 0.2) is 18.2 Å². The lowest BCUT2D eigenvalue weighted by atomic mass is 9.57. The van der Waals surface area contributed by atoms with Crippen LogP contribution in [0.1, 0.15) is 56.7 Å². The molecule has 2 aliphatic rings. The zero-order chi connectivity index (χ0) is 15.0. The van der Waals surface area contributed by atoms with Gasteiger partial charge in [0.1, 0.15) is 5.75 Å². The highest BCUT2D eigenvalue weighted by Gasteiger charge is 2.48. The molecule has 1 atom stereocenters. The maximum Gasteiger partial charge on any atom is 0.119 e. The van der Waals surface area contributed by atoms with E-state index in [9.17, 15) is 0 Å². The number of ether oxygens (including phenoxy) is 1. The first-order chi connectivity index (χ1) is 10.1. The van der Waals surface area contributed by atoms with Gasteiger partial charge < -0.3 is 4.74 Å². The summed E-state index contributed by atoms with van der Waals surface area (Å²) in [5.41, 5.74) is 3.56. The quantitative estimate of drug-likeness (QED) is 0.811. The van der Waals surface area contributed by atoms with Crippen molar-refractivity contribution in [2.24, 2.45) is 11.3 Å². The number of hydrogen-bond acceptors (Lipinski definition) is 2. The number of hydrogen-bond donors (Lipinski definition) is 0. The van der Waals surface area contributed by atoms with Crippen molar-refractivity contribution in [3.05, 3.63) is 29.3 Å². The molecule has 1 aromatic carbocycles. The molecule has 3 rings (SSSR count). The summed E-state index contributed by atoms with van der Waals surface area (Å²) in [6.07, 6.45) is 6.69. The summed E-state index contributed by atoms with van der Waals surface area (Å²) in [4.78, 5) is 2.60. The van der Waals surface area contributed by atoms with Gasteiger partial charge in [-0.2, -0.15) is 0 Å². The average Bonchev–Trinajstić information content (AvgIpc) is 2.42. The lowest BCUT2D eigenvalue weighted by Crippen LogP contribution is -2.47. The first-order valence-corrected chi connectivity index (χ1v) is 8.43. The summed E-state index contributed by atoms with van der Waals surface area (Å²) in [5.74, 6) is 1.78. The molecular weight excluding hydrogens is 258 g/mol. The van der Waals surface area contributed by atoms with E-state index < -0.39 is 0 Å². The van der Waals surface area contributed by atoms with Crippen molar-refractivity contribution in [1.29, 1.82) is 0 Å².